The van der Waals surface area contributed by atoms with Gasteiger partial charge in [0.1, 0.15) is 17.6 Å². The minimum absolute atomic E-state index is 0.0546. The molecule has 0 amide bonds. The van der Waals surface area contributed by atoms with Gasteiger partial charge in [0.2, 0.25) is 0 Å². The lowest BCUT2D eigenvalue weighted by Crippen LogP contribution is -2.30. The predicted octanol–water partition coefficient (Wildman–Crippen LogP) is 6.10. The van der Waals surface area contributed by atoms with E-state index < -0.39 is 28.9 Å². The minimum atomic E-state index is -4.02. The number of nitrogens with zero attached hydrogens (tertiary/aromatic N) is 1. The summed E-state index contributed by atoms with van der Waals surface area (Å²) in [7, 11) is -4.02. The Morgan fingerprint density at radius 1 is 0.811 bits per heavy atom. The van der Waals surface area contributed by atoms with Crippen LogP contribution in [0.4, 0.5) is 0 Å². The lowest BCUT2D eigenvalue weighted by atomic mass is 10.0. The maximum absolute atomic E-state index is 12.7. The monoisotopic (exact) mass is 513 g/mol. The van der Waals surface area contributed by atoms with Crippen LogP contribution >= 0.6 is 0 Å². The number of hydrogen-bond acceptors (Lipinski definition) is 5. The molecule has 0 radical (unpaired) electrons. The highest BCUT2D eigenvalue weighted by Crippen LogP contribution is 2.32. The van der Waals surface area contributed by atoms with Gasteiger partial charge in [0.15, 0.2) is 0 Å². The summed E-state index contributed by atoms with van der Waals surface area (Å²) in [5.74, 6) is 1.44. The molecule has 0 aliphatic rings. The van der Waals surface area contributed by atoms with Gasteiger partial charge < -0.3 is 14.4 Å². The van der Waals surface area contributed by atoms with Crippen molar-refractivity contribution in [2.45, 2.75) is 24.0 Å². The van der Waals surface area contributed by atoms with Gasteiger partial charge >= 0.3 is 0 Å². The lowest BCUT2D eigenvalue weighted by Gasteiger charge is -2.26. The molecule has 0 aliphatic heterocycles. The summed E-state index contributed by atoms with van der Waals surface area (Å²) in [4.78, 5) is 0.0546. The number of benzene rings is 4. The van der Waals surface area contributed by atoms with E-state index >= 15 is 0 Å². The molecular formula is C30H27NO5S. The van der Waals surface area contributed by atoms with Gasteiger partial charge in [-0.2, -0.15) is 8.42 Å². The molecular weight excluding hydrogens is 486 g/mol. The number of para-hydroxylation sites is 1. The highest BCUT2D eigenvalue weighted by molar-refractivity contribution is 7.86. The molecule has 5 aromatic rings. The summed E-state index contributed by atoms with van der Waals surface area (Å²) in [6.45, 7) is 1.48. The van der Waals surface area contributed by atoms with E-state index in [4.69, 9.17) is 8.92 Å². The average molecular weight is 514 g/mol. The average Bonchev–Trinajstić information content (AvgIpc) is 3.32. The molecule has 37 heavy (non-hydrogen) atoms. The van der Waals surface area contributed by atoms with Crippen LogP contribution in [0.1, 0.15) is 17.2 Å². The topological polar surface area (TPSA) is 77.8 Å². The Morgan fingerprint density at radius 2 is 1.49 bits per heavy atom. The molecule has 188 valence electrons. The maximum atomic E-state index is 12.7. The molecule has 2 unspecified atom stereocenters. The molecule has 6 nitrogen and oxygen atoms in total. The smallest absolute Gasteiger partial charge is 0.297 e. The summed E-state index contributed by atoms with van der Waals surface area (Å²) >= 11 is 0. The van der Waals surface area contributed by atoms with E-state index in [-0.39, 0.29) is 4.90 Å². The van der Waals surface area contributed by atoms with Crippen molar-refractivity contribution >= 4 is 21.0 Å². The number of fused-ring (bicyclic) bond motifs is 1. The summed E-state index contributed by atoms with van der Waals surface area (Å²) in [5, 5.41) is 12.2. The first-order valence-corrected chi connectivity index (χ1v) is 13.3. The zero-order valence-corrected chi connectivity index (χ0v) is 21.1. The van der Waals surface area contributed by atoms with Crippen molar-refractivity contribution in [3.63, 3.8) is 0 Å². The molecule has 0 spiro atoms. The van der Waals surface area contributed by atoms with Crippen LogP contribution in [0.15, 0.2) is 120 Å². The highest BCUT2D eigenvalue weighted by Gasteiger charge is 2.27. The summed E-state index contributed by atoms with van der Waals surface area (Å²) in [5.41, 5.74) is 2.64. The third-order valence-corrected chi connectivity index (χ3v) is 7.48. The van der Waals surface area contributed by atoms with Gasteiger partial charge in [-0.25, -0.2) is 0 Å². The van der Waals surface area contributed by atoms with Crippen LogP contribution < -0.4 is 4.74 Å². The van der Waals surface area contributed by atoms with Gasteiger partial charge in [-0.3, -0.25) is 4.18 Å². The van der Waals surface area contributed by atoms with E-state index in [1.165, 1.54) is 12.1 Å². The maximum Gasteiger partial charge on any atom is 0.297 e. The number of aliphatic hydroxyl groups is 1. The summed E-state index contributed by atoms with van der Waals surface area (Å²) in [6.07, 6.45) is 0.741. The number of rotatable bonds is 9. The Bertz CT molecular complexity index is 1580. The van der Waals surface area contributed by atoms with Crippen molar-refractivity contribution in [1.82, 2.24) is 4.57 Å². The second kappa shape index (κ2) is 10.6. The zero-order valence-electron chi connectivity index (χ0n) is 20.3. The quantitative estimate of drug-likeness (QED) is 0.241. The Hall–Kier alpha value is -3.91. The van der Waals surface area contributed by atoms with E-state index in [2.05, 4.69) is 0 Å². The second-order valence-electron chi connectivity index (χ2n) is 8.83. The Labute approximate surface area is 216 Å². The van der Waals surface area contributed by atoms with Crippen LogP contribution in [-0.2, 0) is 14.3 Å². The fourth-order valence-corrected chi connectivity index (χ4v) is 5.24. The van der Waals surface area contributed by atoms with Crippen LogP contribution in [-0.4, -0.2) is 30.8 Å². The van der Waals surface area contributed by atoms with Crippen LogP contribution in [0.2, 0.25) is 0 Å². The van der Waals surface area contributed by atoms with Gasteiger partial charge in [0.05, 0.1) is 17.5 Å². The molecule has 1 aromatic heterocycles. The van der Waals surface area contributed by atoms with E-state index in [1.807, 2.05) is 103 Å². The molecule has 0 saturated carbocycles. The van der Waals surface area contributed by atoms with Gasteiger partial charge in [0, 0.05) is 17.1 Å². The number of aromatic nitrogens is 1. The second-order valence-corrected chi connectivity index (χ2v) is 10.4. The molecule has 4 aromatic carbocycles. The zero-order chi connectivity index (χ0) is 25.8. The third kappa shape index (κ3) is 5.59. The fraction of sp³-hybridized carbons (Fsp3) is 0.133. The molecule has 0 fully saturated rings. The van der Waals surface area contributed by atoms with Crippen LogP contribution in [0.3, 0.4) is 0 Å². The summed E-state index contributed by atoms with van der Waals surface area (Å²) < 4.78 is 38.7. The van der Waals surface area contributed by atoms with Crippen LogP contribution in [0.25, 0.3) is 10.9 Å². The first-order chi connectivity index (χ1) is 17.9. The van der Waals surface area contributed by atoms with E-state index in [1.54, 1.807) is 12.1 Å². The van der Waals surface area contributed by atoms with Gasteiger partial charge in [-0.1, -0.05) is 66.2 Å². The molecule has 0 aliphatic carbocycles. The van der Waals surface area contributed by atoms with Crippen LogP contribution in [0, 0.1) is 6.92 Å². The summed E-state index contributed by atoms with van der Waals surface area (Å²) in [6, 6.07) is 32.5. The third-order valence-electron chi connectivity index (χ3n) is 6.18. The van der Waals surface area contributed by atoms with Crippen molar-refractivity contribution in [3.8, 4) is 11.5 Å². The first kappa shape index (κ1) is 24.8. The largest absolute Gasteiger partial charge is 0.457 e. The van der Waals surface area contributed by atoms with Crippen molar-refractivity contribution in [1.29, 1.82) is 0 Å². The Balaban J connectivity index is 1.43. The van der Waals surface area contributed by atoms with E-state index in [0.717, 1.165) is 27.8 Å². The normalized spacial score (nSPS) is 13.4. The van der Waals surface area contributed by atoms with Gasteiger partial charge in [0.25, 0.3) is 10.1 Å². The van der Waals surface area contributed by atoms with E-state index in [9.17, 15) is 13.5 Å². The Morgan fingerprint density at radius 3 is 2.19 bits per heavy atom. The molecule has 5 rings (SSSR count). The molecule has 7 heteroatoms. The van der Waals surface area contributed by atoms with Crippen LogP contribution in [0.5, 0.6) is 11.5 Å². The van der Waals surface area contributed by atoms with Gasteiger partial charge in [-0.05, 0) is 61.0 Å². The number of hydrogen-bond donors (Lipinski definition) is 1. The van der Waals surface area contributed by atoms with Crippen molar-refractivity contribution in [2.75, 3.05) is 6.61 Å². The molecule has 0 saturated heterocycles. The van der Waals surface area contributed by atoms with Crippen molar-refractivity contribution in [2.24, 2.45) is 0 Å². The molecule has 1 heterocycles. The van der Waals surface area contributed by atoms with Gasteiger partial charge in [-0.15, -0.1) is 0 Å². The van der Waals surface area contributed by atoms with Crippen molar-refractivity contribution < 1.29 is 22.4 Å². The number of ether oxygens (including phenoxy) is 1. The highest BCUT2D eigenvalue weighted by atomic mass is 32.2. The first-order valence-electron chi connectivity index (χ1n) is 11.9. The Kier molecular flexibility index (Phi) is 7.10. The SMILES string of the molecule is Cc1ccc(S(=O)(=O)OCC(O)C(c2ccccc2)n2ccc3cc(Oc4ccccc4)ccc32)cc1. The van der Waals surface area contributed by atoms with E-state index in [0.29, 0.717) is 5.75 Å². The molecule has 2 atom stereocenters. The lowest BCUT2D eigenvalue weighted by molar-refractivity contribution is 0.0785. The number of aliphatic hydroxyl groups excluding tert-OH is 1. The predicted molar refractivity (Wildman–Crippen MR) is 143 cm³/mol. The van der Waals surface area contributed by atoms with Crippen molar-refractivity contribution in [3.05, 3.63) is 127 Å². The fourth-order valence-electron chi connectivity index (χ4n) is 4.31. The number of aryl methyl sites for hydroxylation is 1. The molecule has 0 bridgehead atoms. The standard InChI is InChI=1S/C30H27NO5S/c1-22-12-15-27(16-13-22)37(33,34)35-21-29(32)30(23-8-4-2-5-9-23)31-19-18-24-20-26(14-17-28(24)31)36-25-10-6-3-7-11-25/h2-20,29-30,32H,21H2,1H3. The minimum Gasteiger partial charge on any atom is -0.457 e. The molecule has 1 N–H and O–H groups in total.